The van der Waals surface area contributed by atoms with E-state index in [9.17, 15) is 9.59 Å². The molecule has 5 nitrogen and oxygen atoms in total. The van der Waals surface area contributed by atoms with Crippen LogP contribution in [0.2, 0.25) is 0 Å². The Balaban J connectivity index is 1.76. The second kappa shape index (κ2) is 6.22. The summed E-state index contributed by atoms with van der Waals surface area (Å²) in [5.74, 6) is 0.120. The Morgan fingerprint density at radius 3 is 2.70 bits per heavy atom. The number of rotatable bonds is 5. The molecular formula is C18H25N3O2. The molecule has 1 aromatic rings. The lowest BCUT2D eigenvalue weighted by Gasteiger charge is -2.39. The molecule has 1 aliphatic carbocycles. The van der Waals surface area contributed by atoms with Crippen LogP contribution < -0.4 is 16.0 Å². The van der Waals surface area contributed by atoms with Crippen LogP contribution in [0.25, 0.3) is 0 Å². The molecule has 0 unspecified atom stereocenters. The molecule has 0 radical (unpaired) electrons. The number of fused-ring (bicyclic) bond motifs is 1. The molecular weight excluding hydrogens is 290 g/mol. The molecule has 3 N–H and O–H groups in total. The van der Waals surface area contributed by atoms with Gasteiger partial charge in [-0.2, -0.15) is 0 Å². The van der Waals surface area contributed by atoms with Crippen LogP contribution in [0.15, 0.2) is 24.3 Å². The number of nitrogens with one attached hydrogen (secondary N) is 1. The number of amides is 2. The minimum absolute atomic E-state index is 0.0450. The fourth-order valence-electron chi connectivity index (χ4n) is 3.56. The molecule has 0 bridgehead atoms. The van der Waals surface area contributed by atoms with Gasteiger partial charge in [0.2, 0.25) is 11.8 Å². The summed E-state index contributed by atoms with van der Waals surface area (Å²) in [5.41, 5.74) is 7.44. The highest BCUT2D eigenvalue weighted by Gasteiger charge is 2.34. The molecule has 3 atom stereocenters. The molecule has 3 rings (SSSR count). The van der Waals surface area contributed by atoms with Crippen molar-refractivity contribution in [2.45, 2.75) is 51.1 Å². The predicted octanol–water partition coefficient (Wildman–Crippen LogP) is 1.77. The molecule has 23 heavy (non-hydrogen) atoms. The first kappa shape index (κ1) is 15.8. The van der Waals surface area contributed by atoms with E-state index in [-0.39, 0.29) is 29.8 Å². The molecule has 2 aliphatic rings. The summed E-state index contributed by atoms with van der Waals surface area (Å²) in [6.07, 6.45) is 3.08. The van der Waals surface area contributed by atoms with Crippen molar-refractivity contribution in [3.63, 3.8) is 0 Å². The van der Waals surface area contributed by atoms with Gasteiger partial charge in [0.1, 0.15) is 0 Å². The number of carbonyl (C=O) groups is 2. The monoisotopic (exact) mass is 315 g/mol. The second-order valence-corrected chi connectivity index (χ2v) is 6.92. The van der Waals surface area contributed by atoms with Crippen molar-refractivity contribution < 1.29 is 9.59 Å². The number of carbonyl (C=O) groups excluding carboxylic acids is 2. The SMILES string of the molecule is C[C@H](NC(=O)CN1c2ccccc2[C@H](C(N)=O)C[C@@H]1C)C1CC1. The third-order valence-electron chi connectivity index (χ3n) is 5.11. The van der Waals surface area contributed by atoms with Gasteiger partial charge < -0.3 is 16.0 Å². The first-order valence-electron chi connectivity index (χ1n) is 8.41. The maximum Gasteiger partial charge on any atom is 0.239 e. The number of hydrogen-bond acceptors (Lipinski definition) is 3. The van der Waals surface area contributed by atoms with Crippen molar-refractivity contribution in [3.05, 3.63) is 29.8 Å². The first-order chi connectivity index (χ1) is 11.0. The standard InChI is InChI=1S/C18H25N3O2/c1-11-9-15(18(19)23)14-5-3-4-6-16(14)21(11)10-17(22)20-12(2)13-7-8-13/h3-6,11-13,15H,7-10H2,1-2H3,(H2,19,23)(H,20,22)/t11-,12-,15+/m0/s1. The Labute approximate surface area is 137 Å². The lowest BCUT2D eigenvalue weighted by molar-refractivity contribution is -0.120. The topological polar surface area (TPSA) is 75.4 Å². The summed E-state index contributed by atoms with van der Waals surface area (Å²) in [6, 6.07) is 8.11. The van der Waals surface area contributed by atoms with Gasteiger partial charge in [-0.15, -0.1) is 0 Å². The van der Waals surface area contributed by atoms with Crippen molar-refractivity contribution in [2.24, 2.45) is 11.7 Å². The van der Waals surface area contributed by atoms with E-state index in [0.717, 1.165) is 11.3 Å². The number of anilines is 1. The average Bonchev–Trinajstić information content (AvgIpc) is 3.34. The fraction of sp³-hybridized carbons (Fsp3) is 0.556. The number of nitrogens with two attached hydrogens (primary N) is 1. The predicted molar refractivity (Wildman–Crippen MR) is 90.1 cm³/mol. The van der Waals surface area contributed by atoms with Crippen LogP contribution in [0, 0.1) is 5.92 Å². The summed E-state index contributed by atoms with van der Waals surface area (Å²) in [4.78, 5) is 26.2. The summed E-state index contributed by atoms with van der Waals surface area (Å²) in [6.45, 7) is 4.44. The van der Waals surface area contributed by atoms with Crippen molar-refractivity contribution >= 4 is 17.5 Å². The number of benzene rings is 1. The lowest BCUT2D eigenvalue weighted by atomic mass is 9.85. The van der Waals surface area contributed by atoms with Gasteiger partial charge >= 0.3 is 0 Å². The van der Waals surface area contributed by atoms with E-state index in [1.54, 1.807) is 0 Å². The third-order valence-corrected chi connectivity index (χ3v) is 5.11. The maximum absolute atomic E-state index is 12.4. The van der Waals surface area contributed by atoms with Crippen LogP contribution in [0.1, 0.15) is 44.6 Å². The van der Waals surface area contributed by atoms with Crippen LogP contribution >= 0.6 is 0 Å². The zero-order chi connectivity index (χ0) is 16.6. The summed E-state index contributed by atoms with van der Waals surface area (Å²) in [7, 11) is 0. The van der Waals surface area contributed by atoms with Gasteiger partial charge in [0.05, 0.1) is 12.5 Å². The first-order valence-corrected chi connectivity index (χ1v) is 8.41. The molecule has 124 valence electrons. The average molecular weight is 315 g/mol. The minimum Gasteiger partial charge on any atom is -0.369 e. The van der Waals surface area contributed by atoms with Gasteiger partial charge in [0.15, 0.2) is 0 Å². The molecule has 0 aromatic heterocycles. The van der Waals surface area contributed by atoms with Gasteiger partial charge in [-0.25, -0.2) is 0 Å². The molecule has 0 spiro atoms. The van der Waals surface area contributed by atoms with E-state index in [4.69, 9.17) is 5.73 Å². The molecule has 2 amide bonds. The summed E-state index contributed by atoms with van der Waals surface area (Å²) >= 11 is 0. The third kappa shape index (κ3) is 3.33. The molecule has 5 heteroatoms. The van der Waals surface area contributed by atoms with Gasteiger partial charge in [0, 0.05) is 17.8 Å². The highest BCUT2D eigenvalue weighted by atomic mass is 16.2. The van der Waals surface area contributed by atoms with Crippen LogP contribution in [-0.4, -0.2) is 30.4 Å². The van der Waals surface area contributed by atoms with E-state index in [1.807, 2.05) is 31.2 Å². The molecule has 0 saturated heterocycles. The zero-order valence-electron chi connectivity index (χ0n) is 13.8. The highest BCUT2D eigenvalue weighted by molar-refractivity contribution is 5.87. The Hall–Kier alpha value is -2.04. The summed E-state index contributed by atoms with van der Waals surface area (Å²) < 4.78 is 0. The molecule has 1 aromatic carbocycles. The fourth-order valence-corrected chi connectivity index (χ4v) is 3.56. The van der Waals surface area contributed by atoms with E-state index in [1.165, 1.54) is 12.8 Å². The van der Waals surface area contributed by atoms with Gasteiger partial charge in [0.25, 0.3) is 0 Å². The molecule has 1 saturated carbocycles. The Morgan fingerprint density at radius 2 is 2.04 bits per heavy atom. The van der Waals surface area contributed by atoms with Crippen molar-refractivity contribution in [3.8, 4) is 0 Å². The Morgan fingerprint density at radius 1 is 1.35 bits per heavy atom. The van der Waals surface area contributed by atoms with Gasteiger partial charge in [-0.3, -0.25) is 9.59 Å². The number of hydrogen-bond donors (Lipinski definition) is 2. The van der Waals surface area contributed by atoms with Gasteiger partial charge in [-0.05, 0) is 50.7 Å². The second-order valence-electron chi connectivity index (χ2n) is 6.92. The van der Waals surface area contributed by atoms with Gasteiger partial charge in [-0.1, -0.05) is 18.2 Å². The van der Waals surface area contributed by atoms with Crippen LogP contribution in [-0.2, 0) is 9.59 Å². The number of primary amides is 1. The summed E-state index contributed by atoms with van der Waals surface area (Å²) in [5, 5.41) is 3.10. The minimum atomic E-state index is -0.296. The molecule has 1 heterocycles. The number of nitrogens with zero attached hydrogens (tertiary/aromatic N) is 1. The molecule has 1 aliphatic heterocycles. The smallest absolute Gasteiger partial charge is 0.239 e. The Kier molecular flexibility index (Phi) is 4.28. The van der Waals surface area contributed by atoms with Crippen LogP contribution in [0.4, 0.5) is 5.69 Å². The maximum atomic E-state index is 12.4. The zero-order valence-corrected chi connectivity index (χ0v) is 13.8. The largest absolute Gasteiger partial charge is 0.369 e. The normalized spacial score (nSPS) is 24.7. The highest BCUT2D eigenvalue weighted by Crippen LogP contribution is 2.38. The van der Waals surface area contributed by atoms with Crippen molar-refractivity contribution in [1.82, 2.24) is 5.32 Å². The van der Waals surface area contributed by atoms with Crippen molar-refractivity contribution in [2.75, 3.05) is 11.4 Å². The quantitative estimate of drug-likeness (QED) is 0.869. The van der Waals surface area contributed by atoms with Crippen LogP contribution in [0.3, 0.4) is 0 Å². The van der Waals surface area contributed by atoms with Crippen LogP contribution in [0.5, 0.6) is 0 Å². The van der Waals surface area contributed by atoms with E-state index < -0.39 is 0 Å². The van der Waals surface area contributed by atoms with E-state index in [0.29, 0.717) is 18.9 Å². The Bertz CT molecular complexity index is 612. The molecule has 1 fully saturated rings. The lowest BCUT2D eigenvalue weighted by Crippen LogP contribution is -2.48. The van der Waals surface area contributed by atoms with E-state index >= 15 is 0 Å². The number of para-hydroxylation sites is 1. The van der Waals surface area contributed by atoms with E-state index in [2.05, 4.69) is 17.1 Å². The van der Waals surface area contributed by atoms with Crippen molar-refractivity contribution in [1.29, 1.82) is 0 Å².